The molecule has 0 aromatic carbocycles. The largest absolute Gasteiger partial charge is 0.300 e. The highest BCUT2D eigenvalue weighted by Gasteiger charge is 2.40. The molecule has 12 heavy (non-hydrogen) atoms. The summed E-state index contributed by atoms with van der Waals surface area (Å²) in [6, 6.07) is 0. The van der Waals surface area contributed by atoms with Crippen molar-refractivity contribution in [1.29, 1.82) is 0 Å². The van der Waals surface area contributed by atoms with Gasteiger partial charge < -0.3 is 0 Å². The Labute approximate surface area is 71.1 Å². The topological polar surface area (TPSA) is 17.1 Å². The molecule has 1 fully saturated rings. The maximum Gasteiger partial charge on any atom is 0.248 e. The third kappa shape index (κ3) is 2.02. The number of carbonyl (C=O) groups is 1. The van der Waals surface area contributed by atoms with E-state index in [0.717, 1.165) is 6.92 Å². The van der Waals surface area contributed by atoms with Gasteiger partial charge in [-0.15, -0.1) is 0 Å². The molecule has 0 spiro atoms. The average Bonchev–Trinajstić information content (AvgIpc) is 2.30. The standard InChI is InChI=1S/C9H14F2O/c1-6(12)7-3-4-8(5-7)9(2,10)11/h7-8H,3-5H2,1-2H3. The summed E-state index contributed by atoms with van der Waals surface area (Å²) in [5.74, 6) is -3.24. The molecule has 1 aliphatic rings. The second-order valence-electron chi connectivity index (χ2n) is 3.77. The van der Waals surface area contributed by atoms with Crippen molar-refractivity contribution < 1.29 is 13.6 Å². The van der Waals surface area contributed by atoms with Crippen LogP contribution in [0.4, 0.5) is 8.78 Å². The third-order valence-corrected chi connectivity index (χ3v) is 2.72. The maximum atomic E-state index is 12.8. The summed E-state index contributed by atoms with van der Waals surface area (Å²) in [6.45, 7) is 2.43. The van der Waals surface area contributed by atoms with Crippen LogP contribution in [-0.4, -0.2) is 11.7 Å². The summed E-state index contributed by atoms with van der Waals surface area (Å²) in [4.78, 5) is 10.9. The first-order valence-electron chi connectivity index (χ1n) is 4.29. The lowest BCUT2D eigenvalue weighted by Gasteiger charge is -2.17. The predicted molar refractivity (Wildman–Crippen MR) is 42.1 cm³/mol. The Morgan fingerprint density at radius 1 is 1.42 bits per heavy atom. The fourth-order valence-corrected chi connectivity index (χ4v) is 1.81. The first-order chi connectivity index (χ1) is 5.41. The van der Waals surface area contributed by atoms with Gasteiger partial charge in [0.05, 0.1) is 0 Å². The summed E-state index contributed by atoms with van der Waals surface area (Å²) < 4.78 is 25.5. The number of hydrogen-bond acceptors (Lipinski definition) is 1. The van der Waals surface area contributed by atoms with E-state index in [4.69, 9.17) is 0 Å². The molecule has 0 aromatic heterocycles. The van der Waals surface area contributed by atoms with E-state index in [1.807, 2.05) is 0 Å². The molecular weight excluding hydrogens is 162 g/mol. The van der Waals surface area contributed by atoms with Crippen LogP contribution in [0.1, 0.15) is 33.1 Å². The van der Waals surface area contributed by atoms with Gasteiger partial charge in [-0.05, 0) is 33.1 Å². The lowest BCUT2D eigenvalue weighted by atomic mass is 9.98. The van der Waals surface area contributed by atoms with Gasteiger partial charge in [-0.2, -0.15) is 0 Å². The second-order valence-corrected chi connectivity index (χ2v) is 3.77. The molecule has 1 saturated carbocycles. The SMILES string of the molecule is CC(=O)C1CCC(C(C)(F)F)C1. The Morgan fingerprint density at radius 2 is 2.00 bits per heavy atom. The van der Waals surface area contributed by atoms with Crippen LogP contribution in [-0.2, 0) is 4.79 Å². The van der Waals surface area contributed by atoms with Gasteiger partial charge in [0, 0.05) is 11.8 Å². The molecule has 0 aromatic rings. The zero-order valence-electron chi connectivity index (χ0n) is 7.44. The summed E-state index contributed by atoms with van der Waals surface area (Å²) in [6.07, 6.45) is 1.51. The number of rotatable bonds is 2. The van der Waals surface area contributed by atoms with Crippen molar-refractivity contribution in [3.05, 3.63) is 0 Å². The van der Waals surface area contributed by atoms with E-state index in [2.05, 4.69) is 0 Å². The predicted octanol–water partition coefficient (Wildman–Crippen LogP) is 2.65. The fourth-order valence-electron chi connectivity index (χ4n) is 1.81. The van der Waals surface area contributed by atoms with Crippen LogP contribution in [0.15, 0.2) is 0 Å². The molecule has 2 unspecified atom stereocenters. The van der Waals surface area contributed by atoms with E-state index in [-0.39, 0.29) is 11.7 Å². The Balaban J connectivity index is 2.51. The number of Topliss-reactive ketones (excluding diaryl/α,β-unsaturated/α-hetero) is 1. The summed E-state index contributed by atoms with van der Waals surface area (Å²) in [5.41, 5.74) is 0. The monoisotopic (exact) mass is 176 g/mol. The quantitative estimate of drug-likeness (QED) is 0.632. The Bertz CT molecular complexity index is 183. The molecule has 0 heterocycles. The number of halogens is 2. The molecule has 0 saturated heterocycles. The highest BCUT2D eigenvalue weighted by atomic mass is 19.3. The molecule has 1 nitrogen and oxygen atoms in total. The van der Waals surface area contributed by atoms with Crippen LogP contribution in [0.25, 0.3) is 0 Å². The molecule has 0 N–H and O–H groups in total. The van der Waals surface area contributed by atoms with Gasteiger partial charge in [0.25, 0.3) is 0 Å². The normalized spacial score (nSPS) is 30.7. The van der Waals surface area contributed by atoms with Crippen molar-refractivity contribution in [3.8, 4) is 0 Å². The van der Waals surface area contributed by atoms with E-state index >= 15 is 0 Å². The van der Waals surface area contributed by atoms with Crippen molar-refractivity contribution in [2.24, 2.45) is 11.8 Å². The van der Waals surface area contributed by atoms with Crippen LogP contribution in [0.3, 0.4) is 0 Å². The van der Waals surface area contributed by atoms with Gasteiger partial charge in [-0.25, -0.2) is 8.78 Å². The first-order valence-corrected chi connectivity index (χ1v) is 4.29. The van der Waals surface area contributed by atoms with Crippen molar-refractivity contribution in [2.45, 2.75) is 39.0 Å². The molecule has 1 rings (SSSR count). The number of alkyl halides is 2. The zero-order chi connectivity index (χ0) is 9.35. The number of hydrogen-bond donors (Lipinski definition) is 0. The van der Waals surface area contributed by atoms with Crippen molar-refractivity contribution in [3.63, 3.8) is 0 Å². The third-order valence-electron chi connectivity index (χ3n) is 2.72. The minimum Gasteiger partial charge on any atom is -0.300 e. The summed E-state index contributed by atoms with van der Waals surface area (Å²) in [5, 5.41) is 0. The highest BCUT2D eigenvalue weighted by molar-refractivity contribution is 5.78. The molecular formula is C9H14F2O. The molecule has 70 valence electrons. The Morgan fingerprint density at radius 3 is 2.25 bits per heavy atom. The van der Waals surface area contributed by atoms with Crippen LogP contribution in [0, 0.1) is 11.8 Å². The lowest BCUT2D eigenvalue weighted by Crippen LogP contribution is -2.22. The van der Waals surface area contributed by atoms with Crippen LogP contribution < -0.4 is 0 Å². The first kappa shape index (κ1) is 9.62. The molecule has 0 aliphatic heterocycles. The van der Waals surface area contributed by atoms with Crippen molar-refractivity contribution >= 4 is 5.78 Å². The summed E-state index contributed by atoms with van der Waals surface area (Å²) in [7, 11) is 0. The van der Waals surface area contributed by atoms with E-state index in [1.54, 1.807) is 0 Å². The zero-order valence-corrected chi connectivity index (χ0v) is 7.44. The highest BCUT2D eigenvalue weighted by Crippen LogP contribution is 2.40. The molecule has 0 amide bonds. The van der Waals surface area contributed by atoms with Crippen molar-refractivity contribution in [1.82, 2.24) is 0 Å². The lowest BCUT2D eigenvalue weighted by molar-refractivity contribution is -0.120. The smallest absolute Gasteiger partial charge is 0.248 e. The molecule has 2 atom stereocenters. The van der Waals surface area contributed by atoms with Gasteiger partial charge in [-0.1, -0.05) is 0 Å². The fraction of sp³-hybridized carbons (Fsp3) is 0.889. The van der Waals surface area contributed by atoms with Crippen LogP contribution >= 0.6 is 0 Å². The van der Waals surface area contributed by atoms with E-state index < -0.39 is 11.8 Å². The minimum absolute atomic E-state index is 0.0572. The molecule has 3 heteroatoms. The van der Waals surface area contributed by atoms with Gasteiger partial charge in [0.2, 0.25) is 5.92 Å². The van der Waals surface area contributed by atoms with E-state index in [1.165, 1.54) is 6.92 Å². The molecule has 0 radical (unpaired) electrons. The van der Waals surface area contributed by atoms with Gasteiger partial charge in [0.1, 0.15) is 5.78 Å². The Hall–Kier alpha value is -0.470. The van der Waals surface area contributed by atoms with Crippen LogP contribution in [0.2, 0.25) is 0 Å². The summed E-state index contributed by atoms with van der Waals surface area (Å²) >= 11 is 0. The molecule has 0 bridgehead atoms. The van der Waals surface area contributed by atoms with Crippen LogP contribution in [0.5, 0.6) is 0 Å². The van der Waals surface area contributed by atoms with Crippen molar-refractivity contribution in [2.75, 3.05) is 0 Å². The van der Waals surface area contributed by atoms with Gasteiger partial charge in [0.15, 0.2) is 0 Å². The van der Waals surface area contributed by atoms with E-state index in [0.29, 0.717) is 19.3 Å². The molecule has 1 aliphatic carbocycles. The number of ketones is 1. The average molecular weight is 176 g/mol. The second kappa shape index (κ2) is 3.11. The van der Waals surface area contributed by atoms with Gasteiger partial charge in [-0.3, -0.25) is 4.79 Å². The van der Waals surface area contributed by atoms with E-state index in [9.17, 15) is 13.6 Å². The number of carbonyl (C=O) groups excluding carboxylic acids is 1. The maximum absolute atomic E-state index is 12.8. The minimum atomic E-state index is -2.61. The Kier molecular flexibility index (Phi) is 2.49. The van der Waals surface area contributed by atoms with Gasteiger partial charge >= 0.3 is 0 Å².